The molecule has 1 aliphatic carbocycles. The topological polar surface area (TPSA) is 53.4 Å². The number of nitrogens with zero attached hydrogens (tertiary/aromatic N) is 2. The molecule has 0 aromatic carbocycles. The van der Waals surface area contributed by atoms with Crippen molar-refractivity contribution in [3.63, 3.8) is 0 Å². The summed E-state index contributed by atoms with van der Waals surface area (Å²) in [5, 5.41) is 9.13. The molecular formula is C12H16N2O2. The van der Waals surface area contributed by atoms with E-state index in [2.05, 4.69) is 23.7 Å². The van der Waals surface area contributed by atoms with Gasteiger partial charge in [-0.05, 0) is 38.8 Å². The zero-order chi connectivity index (χ0) is 11.7. The van der Waals surface area contributed by atoms with E-state index in [-0.39, 0.29) is 6.04 Å². The van der Waals surface area contributed by atoms with E-state index in [0.717, 1.165) is 12.8 Å². The molecule has 0 bridgehead atoms. The van der Waals surface area contributed by atoms with Gasteiger partial charge < -0.3 is 10.0 Å². The van der Waals surface area contributed by atoms with Crippen LogP contribution in [0.5, 0.6) is 0 Å². The Hall–Kier alpha value is -1.58. The van der Waals surface area contributed by atoms with Crippen molar-refractivity contribution in [2.75, 3.05) is 4.90 Å². The third-order valence-corrected chi connectivity index (χ3v) is 2.76. The van der Waals surface area contributed by atoms with E-state index < -0.39 is 5.97 Å². The summed E-state index contributed by atoms with van der Waals surface area (Å²) < 4.78 is 0. The van der Waals surface area contributed by atoms with Gasteiger partial charge in [0.15, 0.2) is 0 Å². The second-order valence-electron chi connectivity index (χ2n) is 4.41. The highest BCUT2D eigenvalue weighted by Gasteiger charge is 2.33. The predicted octanol–water partition coefficient (Wildman–Crippen LogP) is 2.16. The van der Waals surface area contributed by atoms with Crippen LogP contribution in [0.4, 0.5) is 5.82 Å². The Morgan fingerprint density at radius 1 is 1.56 bits per heavy atom. The van der Waals surface area contributed by atoms with Gasteiger partial charge in [-0.15, -0.1) is 0 Å². The normalized spacial score (nSPS) is 15.2. The molecule has 1 heterocycles. The van der Waals surface area contributed by atoms with E-state index >= 15 is 0 Å². The average molecular weight is 220 g/mol. The zero-order valence-electron chi connectivity index (χ0n) is 9.55. The summed E-state index contributed by atoms with van der Waals surface area (Å²) in [7, 11) is 0. The van der Waals surface area contributed by atoms with Gasteiger partial charge in [-0.2, -0.15) is 0 Å². The molecule has 1 aromatic heterocycles. The first-order valence-corrected chi connectivity index (χ1v) is 5.58. The Labute approximate surface area is 94.9 Å². The number of carboxylic acid groups (broad SMARTS) is 1. The van der Waals surface area contributed by atoms with Gasteiger partial charge >= 0.3 is 5.97 Å². The third-order valence-electron chi connectivity index (χ3n) is 2.76. The first kappa shape index (κ1) is 10.9. The Bertz CT molecular complexity index is 398. The summed E-state index contributed by atoms with van der Waals surface area (Å²) in [6.07, 6.45) is 3.92. The number of aromatic carboxylic acids is 1. The Morgan fingerprint density at radius 2 is 2.25 bits per heavy atom. The molecule has 0 saturated heterocycles. The number of rotatable bonds is 4. The van der Waals surface area contributed by atoms with E-state index in [1.807, 2.05) is 0 Å². The van der Waals surface area contributed by atoms with Crippen LogP contribution < -0.4 is 4.90 Å². The van der Waals surface area contributed by atoms with Crippen LogP contribution in [0.15, 0.2) is 18.3 Å². The van der Waals surface area contributed by atoms with E-state index in [1.54, 1.807) is 18.3 Å². The molecule has 1 aliphatic rings. The molecule has 0 aliphatic heterocycles. The lowest BCUT2D eigenvalue weighted by Crippen LogP contribution is -2.34. The summed E-state index contributed by atoms with van der Waals surface area (Å²) in [5.74, 6) is -0.304. The van der Waals surface area contributed by atoms with E-state index in [9.17, 15) is 4.79 Å². The lowest BCUT2D eigenvalue weighted by Gasteiger charge is -2.28. The smallest absolute Gasteiger partial charge is 0.339 e. The minimum absolute atomic E-state index is 0.278. The van der Waals surface area contributed by atoms with Crippen LogP contribution in [0, 0.1) is 0 Å². The van der Waals surface area contributed by atoms with Crippen LogP contribution in [0.1, 0.15) is 37.0 Å². The molecule has 1 saturated carbocycles. The lowest BCUT2D eigenvalue weighted by molar-refractivity contribution is 0.0697. The Morgan fingerprint density at radius 3 is 2.75 bits per heavy atom. The molecule has 0 spiro atoms. The molecule has 16 heavy (non-hydrogen) atoms. The molecule has 0 radical (unpaired) electrons. The Kier molecular flexibility index (Phi) is 2.81. The van der Waals surface area contributed by atoms with Crippen LogP contribution in [0.25, 0.3) is 0 Å². The number of aromatic nitrogens is 1. The van der Waals surface area contributed by atoms with Crippen molar-refractivity contribution in [2.24, 2.45) is 0 Å². The summed E-state index contributed by atoms with van der Waals surface area (Å²) in [4.78, 5) is 17.5. The molecule has 4 nitrogen and oxygen atoms in total. The molecule has 0 atom stereocenters. The standard InChI is InChI=1S/C12H16N2O2/c1-8(2)14(9-5-6-9)11-10(12(15)16)4-3-7-13-11/h3-4,7-9H,5-6H2,1-2H3,(H,15,16). The van der Waals surface area contributed by atoms with Gasteiger partial charge in [0.25, 0.3) is 0 Å². The molecule has 1 N–H and O–H groups in total. The van der Waals surface area contributed by atoms with Crippen LogP contribution in [-0.4, -0.2) is 28.1 Å². The van der Waals surface area contributed by atoms with Gasteiger partial charge in [-0.3, -0.25) is 0 Å². The van der Waals surface area contributed by atoms with Gasteiger partial charge in [-0.1, -0.05) is 0 Å². The SMILES string of the molecule is CC(C)N(c1ncccc1C(=O)O)C1CC1. The molecule has 4 heteroatoms. The highest BCUT2D eigenvalue weighted by atomic mass is 16.4. The van der Waals surface area contributed by atoms with Gasteiger partial charge in [0.2, 0.25) is 0 Å². The minimum Gasteiger partial charge on any atom is -0.478 e. The van der Waals surface area contributed by atoms with Gasteiger partial charge in [0.05, 0.1) is 0 Å². The molecule has 0 unspecified atom stereocenters. The highest BCUT2D eigenvalue weighted by Crippen LogP contribution is 2.33. The molecule has 86 valence electrons. The minimum atomic E-state index is -0.908. The van der Waals surface area contributed by atoms with E-state index in [4.69, 9.17) is 5.11 Å². The number of pyridine rings is 1. The monoisotopic (exact) mass is 220 g/mol. The highest BCUT2D eigenvalue weighted by molar-refractivity contribution is 5.93. The van der Waals surface area contributed by atoms with Crippen molar-refractivity contribution in [3.8, 4) is 0 Å². The lowest BCUT2D eigenvalue weighted by atomic mass is 10.2. The molecule has 1 fully saturated rings. The predicted molar refractivity (Wildman–Crippen MR) is 61.8 cm³/mol. The quantitative estimate of drug-likeness (QED) is 0.844. The average Bonchev–Trinajstić information content (AvgIpc) is 3.02. The first-order chi connectivity index (χ1) is 7.61. The summed E-state index contributed by atoms with van der Waals surface area (Å²) in [6.45, 7) is 4.14. The Balaban J connectivity index is 2.40. The first-order valence-electron chi connectivity index (χ1n) is 5.58. The maximum Gasteiger partial charge on any atom is 0.339 e. The van der Waals surface area contributed by atoms with E-state index in [0.29, 0.717) is 17.4 Å². The van der Waals surface area contributed by atoms with Crippen LogP contribution in [0.2, 0.25) is 0 Å². The number of carboxylic acids is 1. The van der Waals surface area contributed by atoms with Crippen molar-refractivity contribution in [2.45, 2.75) is 38.8 Å². The van der Waals surface area contributed by atoms with Crippen molar-refractivity contribution in [1.29, 1.82) is 0 Å². The van der Waals surface area contributed by atoms with Crippen LogP contribution in [-0.2, 0) is 0 Å². The van der Waals surface area contributed by atoms with Gasteiger partial charge in [-0.25, -0.2) is 9.78 Å². The van der Waals surface area contributed by atoms with E-state index in [1.165, 1.54) is 0 Å². The molecular weight excluding hydrogens is 204 g/mol. The van der Waals surface area contributed by atoms with Crippen molar-refractivity contribution in [1.82, 2.24) is 4.98 Å². The third kappa shape index (κ3) is 2.01. The number of carbonyl (C=O) groups is 1. The fraction of sp³-hybridized carbons (Fsp3) is 0.500. The second-order valence-corrected chi connectivity index (χ2v) is 4.41. The van der Waals surface area contributed by atoms with Crippen molar-refractivity contribution in [3.05, 3.63) is 23.9 Å². The molecule has 1 aromatic rings. The second kappa shape index (κ2) is 4.12. The van der Waals surface area contributed by atoms with Crippen molar-refractivity contribution < 1.29 is 9.90 Å². The van der Waals surface area contributed by atoms with Crippen LogP contribution in [0.3, 0.4) is 0 Å². The van der Waals surface area contributed by atoms with Gasteiger partial charge in [0, 0.05) is 18.3 Å². The fourth-order valence-corrected chi connectivity index (χ4v) is 1.96. The largest absolute Gasteiger partial charge is 0.478 e. The zero-order valence-corrected chi connectivity index (χ0v) is 9.55. The van der Waals surface area contributed by atoms with Gasteiger partial charge in [0.1, 0.15) is 11.4 Å². The van der Waals surface area contributed by atoms with Crippen molar-refractivity contribution >= 4 is 11.8 Å². The van der Waals surface area contributed by atoms with Crippen LogP contribution >= 0.6 is 0 Å². The number of hydrogen-bond donors (Lipinski definition) is 1. The molecule has 2 rings (SSSR count). The summed E-state index contributed by atoms with van der Waals surface area (Å²) >= 11 is 0. The fourth-order valence-electron chi connectivity index (χ4n) is 1.96. The maximum atomic E-state index is 11.1. The molecule has 0 amide bonds. The number of anilines is 1. The number of hydrogen-bond acceptors (Lipinski definition) is 3. The summed E-state index contributed by atoms with van der Waals surface area (Å²) in [6, 6.07) is 4.02. The summed E-state index contributed by atoms with van der Waals surface area (Å²) in [5.41, 5.74) is 0.295. The maximum absolute atomic E-state index is 11.1.